The lowest BCUT2D eigenvalue weighted by molar-refractivity contribution is -0.143. The molecule has 1 amide bonds. The number of rotatable bonds is 60. The summed E-state index contributed by atoms with van der Waals surface area (Å²) in [4.78, 5) is 24.6. The number of amides is 1. The molecule has 3 N–H and O–H groups in total. The molecule has 0 aromatic carbocycles. The van der Waals surface area contributed by atoms with E-state index >= 15 is 0 Å². The summed E-state index contributed by atoms with van der Waals surface area (Å²) in [5.74, 6) is -0.0178. The van der Waals surface area contributed by atoms with Crippen molar-refractivity contribution in [1.82, 2.24) is 5.32 Å². The first-order chi connectivity index (χ1) is 34.0. The lowest BCUT2D eigenvalue weighted by atomic mass is 10.0. The van der Waals surface area contributed by atoms with Gasteiger partial charge in [-0.05, 0) is 25.7 Å². The molecule has 0 aliphatic carbocycles. The zero-order chi connectivity index (χ0) is 50.0. The van der Waals surface area contributed by atoms with E-state index in [0.29, 0.717) is 25.9 Å². The maximum absolute atomic E-state index is 12.5. The average Bonchev–Trinajstić information content (AvgIpc) is 3.35. The Morgan fingerprint density at radius 1 is 0.348 bits per heavy atom. The van der Waals surface area contributed by atoms with Gasteiger partial charge in [-0.2, -0.15) is 0 Å². The molecule has 0 radical (unpaired) electrons. The third kappa shape index (κ3) is 56.0. The molecule has 0 rings (SSSR count). The fraction of sp³-hybridized carbons (Fsp3) is 0.968. The number of ether oxygens (including phenoxy) is 1. The summed E-state index contributed by atoms with van der Waals surface area (Å²) in [5.41, 5.74) is 0. The van der Waals surface area contributed by atoms with Gasteiger partial charge in [-0.1, -0.05) is 328 Å². The van der Waals surface area contributed by atoms with Gasteiger partial charge >= 0.3 is 5.97 Å². The molecule has 69 heavy (non-hydrogen) atoms. The highest BCUT2D eigenvalue weighted by molar-refractivity contribution is 5.76. The van der Waals surface area contributed by atoms with Gasteiger partial charge in [-0.25, -0.2) is 0 Å². The average molecular weight is 977 g/mol. The van der Waals surface area contributed by atoms with Gasteiger partial charge in [0.1, 0.15) is 0 Å². The molecule has 0 spiro atoms. The standard InChI is InChI=1S/C63H125NO5/c1-3-5-7-9-11-13-15-17-19-20-26-29-33-37-41-45-49-53-57-63(68)69-58-54-50-46-42-38-34-30-27-24-22-21-23-25-28-32-36-40-44-48-52-56-62(67)64-60(59-65)61(66)55-51-47-43-39-35-31-18-16-14-12-10-8-6-4-2/h60-61,65-66H,3-59H2,1-2H3,(H,64,67). The van der Waals surface area contributed by atoms with Crippen LogP contribution in [-0.4, -0.2) is 47.4 Å². The Balaban J connectivity index is 3.35. The molecule has 0 saturated carbocycles. The molecule has 6 heteroatoms. The van der Waals surface area contributed by atoms with Crippen LogP contribution in [0.1, 0.15) is 367 Å². The summed E-state index contributed by atoms with van der Waals surface area (Å²) in [6.07, 6.45) is 69.7. The molecule has 6 nitrogen and oxygen atoms in total. The lowest BCUT2D eigenvalue weighted by Gasteiger charge is -2.22. The van der Waals surface area contributed by atoms with Crippen molar-refractivity contribution in [2.75, 3.05) is 13.2 Å². The normalized spacial score (nSPS) is 12.5. The van der Waals surface area contributed by atoms with Crippen molar-refractivity contribution < 1.29 is 24.5 Å². The van der Waals surface area contributed by atoms with E-state index in [0.717, 1.165) is 38.5 Å². The van der Waals surface area contributed by atoms with Crippen LogP contribution in [0, 0.1) is 0 Å². The van der Waals surface area contributed by atoms with Crippen molar-refractivity contribution in [3.63, 3.8) is 0 Å². The van der Waals surface area contributed by atoms with Crippen LogP contribution in [0.15, 0.2) is 0 Å². The molecule has 0 heterocycles. The quantitative estimate of drug-likeness (QED) is 0.0417. The number of carbonyl (C=O) groups excluding carboxylic acids is 2. The minimum atomic E-state index is -0.664. The van der Waals surface area contributed by atoms with E-state index in [1.807, 2.05) is 0 Å². The Kier molecular flexibility index (Phi) is 58.4. The van der Waals surface area contributed by atoms with Crippen LogP contribution in [0.5, 0.6) is 0 Å². The van der Waals surface area contributed by atoms with Crippen molar-refractivity contribution in [3.8, 4) is 0 Å². The first-order valence-corrected chi connectivity index (χ1v) is 31.8. The fourth-order valence-corrected chi connectivity index (χ4v) is 10.3. The number of unbranched alkanes of at least 4 members (excludes halogenated alkanes) is 49. The molecule has 412 valence electrons. The number of nitrogens with one attached hydrogen (secondary N) is 1. The lowest BCUT2D eigenvalue weighted by Crippen LogP contribution is -2.45. The summed E-state index contributed by atoms with van der Waals surface area (Å²) in [5, 5.41) is 23.3. The minimum absolute atomic E-state index is 0.0161. The Morgan fingerprint density at radius 2 is 0.594 bits per heavy atom. The molecule has 0 fully saturated rings. The van der Waals surface area contributed by atoms with Crippen molar-refractivity contribution in [1.29, 1.82) is 0 Å². The first-order valence-electron chi connectivity index (χ1n) is 31.8. The summed E-state index contributed by atoms with van der Waals surface area (Å²) in [6, 6.07) is -0.541. The molecule has 2 unspecified atom stereocenters. The maximum Gasteiger partial charge on any atom is 0.305 e. The molecule has 0 bridgehead atoms. The Bertz CT molecular complexity index is 990. The van der Waals surface area contributed by atoms with Crippen molar-refractivity contribution in [2.24, 2.45) is 0 Å². The van der Waals surface area contributed by atoms with Crippen LogP contribution in [0.25, 0.3) is 0 Å². The van der Waals surface area contributed by atoms with Gasteiger partial charge in [-0.3, -0.25) is 9.59 Å². The number of aliphatic hydroxyl groups is 2. The van der Waals surface area contributed by atoms with Crippen LogP contribution < -0.4 is 5.32 Å². The minimum Gasteiger partial charge on any atom is -0.466 e. The van der Waals surface area contributed by atoms with E-state index in [2.05, 4.69) is 19.2 Å². The van der Waals surface area contributed by atoms with E-state index in [1.165, 1.54) is 295 Å². The SMILES string of the molecule is CCCCCCCCCCCCCCCCCCCCC(=O)OCCCCCCCCCCCCCCCCCCCCCCC(=O)NC(CO)C(O)CCCCCCCCCCCCCCCC. The van der Waals surface area contributed by atoms with Gasteiger partial charge in [0, 0.05) is 12.8 Å². The Hall–Kier alpha value is -1.14. The molecular weight excluding hydrogens is 851 g/mol. The van der Waals surface area contributed by atoms with E-state index in [-0.39, 0.29) is 18.5 Å². The van der Waals surface area contributed by atoms with E-state index in [4.69, 9.17) is 4.74 Å². The number of hydrogen-bond acceptors (Lipinski definition) is 5. The van der Waals surface area contributed by atoms with Crippen molar-refractivity contribution in [2.45, 2.75) is 379 Å². The van der Waals surface area contributed by atoms with Gasteiger partial charge in [0.25, 0.3) is 0 Å². The smallest absolute Gasteiger partial charge is 0.305 e. The predicted molar refractivity (Wildman–Crippen MR) is 301 cm³/mol. The highest BCUT2D eigenvalue weighted by atomic mass is 16.5. The summed E-state index contributed by atoms with van der Waals surface area (Å²) in [6.45, 7) is 4.98. The van der Waals surface area contributed by atoms with Gasteiger partial charge in [0.15, 0.2) is 0 Å². The highest BCUT2D eigenvalue weighted by Crippen LogP contribution is 2.19. The molecule has 0 aromatic heterocycles. The maximum atomic E-state index is 12.5. The highest BCUT2D eigenvalue weighted by Gasteiger charge is 2.20. The summed E-state index contributed by atoms with van der Waals surface area (Å²) >= 11 is 0. The van der Waals surface area contributed by atoms with Crippen LogP contribution in [0.4, 0.5) is 0 Å². The molecule has 0 aliphatic rings. The Labute approximate surface area is 432 Å². The predicted octanol–water partition coefficient (Wildman–Crippen LogP) is 19.9. The van der Waals surface area contributed by atoms with Crippen molar-refractivity contribution >= 4 is 11.9 Å². The summed E-state index contributed by atoms with van der Waals surface area (Å²) < 4.78 is 5.50. The van der Waals surface area contributed by atoms with E-state index in [1.54, 1.807) is 0 Å². The fourth-order valence-electron chi connectivity index (χ4n) is 10.3. The third-order valence-corrected chi connectivity index (χ3v) is 15.2. The zero-order valence-electron chi connectivity index (χ0n) is 47.1. The second-order valence-electron chi connectivity index (χ2n) is 22.1. The molecular formula is C63H125NO5. The number of aliphatic hydroxyl groups excluding tert-OH is 2. The molecule has 2 atom stereocenters. The monoisotopic (exact) mass is 976 g/mol. The number of esters is 1. The topological polar surface area (TPSA) is 95.9 Å². The first kappa shape index (κ1) is 67.9. The van der Waals surface area contributed by atoms with Crippen LogP contribution >= 0.6 is 0 Å². The largest absolute Gasteiger partial charge is 0.466 e. The number of carbonyl (C=O) groups is 2. The molecule has 0 aliphatic heterocycles. The van der Waals surface area contributed by atoms with Crippen LogP contribution in [0.3, 0.4) is 0 Å². The second kappa shape index (κ2) is 59.4. The van der Waals surface area contributed by atoms with Gasteiger partial charge in [-0.15, -0.1) is 0 Å². The van der Waals surface area contributed by atoms with E-state index in [9.17, 15) is 19.8 Å². The Morgan fingerprint density at radius 3 is 0.884 bits per heavy atom. The zero-order valence-corrected chi connectivity index (χ0v) is 47.1. The molecule has 0 saturated heterocycles. The van der Waals surface area contributed by atoms with Crippen LogP contribution in [-0.2, 0) is 14.3 Å². The summed E-state index contributed by atoms with van der Waals surface area (Å²) in [7, 11) is 0. The van der Waals surface area contributed by atoms with Gasteiger partial charge in [0.2, 0.25) is 5.91 Å². The third-order valence-electron chi connectivity index (χ3n) is 15.2. The van der Waals surface area contributed by atoms with Gasteiger partial charge in [0.05, 0.1) is 25.4 Å². The van der Waals surface area contributed by atoms with Gasteiger partial charge < -0.3 is 20.3 Å². The van der Waals surface area contributed by atoms with Crippen LogP contribution in [0.2, 0.25) is 0 Å². The van der Waals surface area contributed by atoms with E-state index < -0.39 is 12.1 Å². The second-order valence-corrected chi connectivity index (χ2v) is 22.1. The van der Waals surface area contributed by atoms with Crippen molar-refractivity contribution in [3.05, 3.63) is 0 Å². The number of hydrogen-bond donors (Lipinski definition) is 3. The molecule has 0 aromatic rings.